The molecule has 3 nitrogen and oxygen atoms in total. The van der Waals surface area contributed by atoms with E-state index >= 15 is 0 Å². The van der Waals surface area contributed by atoms with Crippen molar-refractivity contribution in [2.75, 3.05) is 24.5 Å². The van der Waals surface area contributed by atoms with Gasteiger partial charge in [0.1, 0.15) is 0 Å². The van der Waals surface area contributed by atoms with Gasteiger partial charge < -0.3 is 10.2 Å². The number of rotatable bonds is 7. The molecule has 2 aromatic rings. The van der Waals surface area contributed by atoms with Crippen molar-refractivity contribution < 1.29 is 4.79 Å². The Hall–Kier alpha value is -1.81. The van der Waals surface area contributed by atoms with Crippen molar-refractivity contribution in [2.24, 2.45) is 0 Å². The molecule has 1 aromatic carbocycles. The van der Waals surface area contributed by atoms with Crippen LogP contribution in [0.5, 0.6) is 0 Å². The number of carbonyl (C=O) groups is 1. The topological polar surface area (TPSA) is 32.3 Å². The number of nitrogens with zero attached hydrogens (tertiary/aromatic N) is 1. The van der Waals surface area contributed by atoms with Crippen molar-refractivity contribution in [3.05, 3.63) is 52.2 Å². The summed E-state index contributed by atoms with van der Waals surface area (Å²) in [6.45, 7) is 6.76. The first-order chi connectivity index (χ1) is 10.2. The number of para-hydroxylation sites is 1. The number of amides is 1. The van der Waals surface area contributed by atoms with Gasteiger partial charge >= 0.3 is 0 Å². The molecule has 0 saturated heterocycles. The van der Waals surface area contributed by atoms with Gasteiger partial charge in [0.15, 0.2) is 0 Å². The van der Waals surface area contributed by atoms with Crippen molar-refractivity contribution in [1.29, 1.82) is 0 Å². The summed E-state index contributed by atoms with van der Waals surface area (Å²) >= 11 is 1.50. The molecule has 0 fully saturated rings. The van der Waals surface area contributed by atoms with Crippen LogP contribution in [-0.2, 0) is 0 Å². The Morgan fingerprint density at radius 3 is 2.62 bits per heavy atom. The zero-order chi connectivity index (χ0) is 15.1. The highest BCUT2D eigenvalue weighted by atomic mass is 32.1. The van der Waals surface area contributed by atoms with Crippen LogP contribution in [0.2, 0.25) is 0 Å². The van der Waals surface area contributed by atoms with E-state index in [9.17, 15) is 4.79 Å². The van der Waals surface area contributed by atoms with Gasteiger partial charge in [-0.05, 0) is 49.4 Å². The number of hydrogen-bond acceptors (Lipinski definition) is 3. The summed E-state index contributed by atoms with van der Waals surface area (Å²) in [5.41, 5.74) is 2.29. The first-order valence-corrected chi connectivity index (χ1v) is 8.22. The number of thiophene rings is 1. The summed E-state index contributed by atoms with van der Waals surface area (Å²) in [6.07, 6.45) is 0.943. The fraction of sp³-hybridized carbons (Fsp3) is 0.353. The van der Waals surface area contributed by atoms with Crippen LogP contribution in [0.3, 0.4) is 0 Å². The minimum absolute atomic E-state index is 0.0465. The Morgan fingerprint density at radius 1 is 1.24 bits per heavy atom. The van der Waals surface area contributed by atoms with Crippen LogP contribution in [0.15, 0.2) is 41.8 Å². The van der Waals surface area contributed by atoms with Gasteiger partial charge in [-0.1, -0.05) is 18.2 Å². The molecule has 0 atom stereocenters. The molecule has 0 radical (unpaired) electrons. The van der Waals surface area contributed by atoms with E-state index in [1.807, 2.05) is 24.4 Å². The van der Waals surface area contributed by atoms with Crippen LogP contribution in [-0.4, -0.2) is 25.5 Å². The molecular weight excluding hydrogens is 280 g/mol. The quantitative estimate of drug-likeness (QED) is 0.791. The maximum absolute atomic E-state index is 12.0. The smallest absolute Gasteiger partial charge is 0.261 e. The van der Waals surface area contributed by atoms with Crippen LogP contribution >= 0.6 is 11.3 Å². The lowest BCUT2D eigenvalue weighted by molar-refractivity contribution is 0.0957. The summed E-state index contributed by atoms with van der Waals surface area (Å²) in [7, 11) is 0. The number of benzene rings is 1. The summed E-state index contributed by atoms with van der Waals surface area (Å²) in [5.74, 6) is 0.0465. The summed E-state index contributed by atoms with van der Waals surface area (Å²) in [5, 5.41) is 4.96. The van der Waals surface area contributed by atoms with E-state index in [-0.39, 0.29) is 5.91 Å². The van der Waals surface area contributed by atoms with E-state index in [1.54, 1.807) is 0 Å². The molecule has 2 rings (SSSR count). The van der Waals surface area contributed by atoms with Crippen LogP contribution in [0.25, 0.3) is 0 Å². The molecule has 21 heavy (non-hydrogen) atoms. The zero-order valence-electron chi connectivity index (χ0n) is 12.6. The van der Waals surface area contributed by atoms with Crippen LogP contribution < -0.4 is 10.2 Å². The van der Waals surface area contributed by atoms with E-state index in [1.165, 1.54) is 17.0 Å². The van der Waals surface area contributed by atoms with E-state index in [4.69, 9.17) is 0 Å². The van der Waals surface area contributed by atoms with Gasteiger partial charge in [-0.3, -0.25) is 4.79 Å². The first kappa shape index (κ1) is 15.6. The van der Waals surface area contributed by atoms with Gasteiger partial charge in [-0.25, -0.2) is 0 Å². The number of aryl methyl sites for hydroxylation is 1. The van der Waals surface area contributed by atoms with Crippen LogP contribution in [0.4, 0.5) is 5.69 Å². The van der Waals surface area contributed by atoms with E-state index in [0.717, 1.165) is 30.0 Å². The van der Waals surface area contributed by atoms with Crippen molar-refractivity contribution in [2.45, 2.75) is 20.3 Å². The molecule has 1 heterocycles. The molecule has 0 spiro atoms. The highest BCUT2D eigenvalue weighted by molar-refractivity contribution is 7.12. The molecular formula is C17H22N2OS. The molecule has 4 heteroatoms. The lowest BCUT2D eigenvalue weighted by Gasteiger charge is -2.23. The Kier molecular flexibility index (Phi) is 5.81. The predicted molar refractivity (Wildman–Crippen MR) is 90.3 cm³/mol. The summed E-state index contributed by atoms with van der Waals surface area (Å²) < 4.78 is 0. The molecule has 0 aliphatic heterocycles. The molecule has 1 N–H and O–H groups in total. The average Bonchev–Trinajstić information content (AvgIpc) is 2.94. The standard InChI is InChI=1S/C17H22N2OS/c1-3-19(15-8-5-4-6-9-15)12-7-11-18-17(20)16-14(2)10-13-21-16/h4-6,8-10,13H,3,7,11-12H2,1-2H3,(H,18,20). The fourth-order valence-electron chi connectivity index (χ4n) is 2.27. The van der Waals surface area contributed by atoms with Crippen molar-refractivity contribution in [3.8, 4) is 0 Å². The Morgan fingerprint density at radius 2 is 2.00 bits per heavy atom. The summed E-state index contributed by atoms with van der Waals surface area (Å²) in [4.78, 5) is 15.1. The second-order valence-corrected chi connectivity index (χ2v) is 5.87. The van der Waals surface area contributed by atoms with Gasteiger partial charge in [0.05, 0.1) is 4.88 Å². The van der Waals surface area contributed by atoms with Gasteiger partial charge in [0, 0.05) is 25.3 Å². The lowest BCUT2D eigenvalue weighted by atomic mass is 10.2. The Bertz CT molecular complexity index is 565. The first-order valence-electron chi connectivity index (χ1n) is 7.34. The number of carbonyl (C=O) groups excluding carboxylic acids is 1. The monoisotopic (exact) mass is 302 g/mol. The van der Waals surface area contributed by atoms with Gasteiger partial charge in [0.25, 0.3) is 5.91 Å². The number of anilines is 1. The van der Waals surface area contributed by atoms with Crippen LogP contribution in [0, 0.1) is 6.92 Å². The largest absolute Gasteiger partial charge is 0.372 e. The number of hydrogen-bond donors (Lipinski definition) is 1. The van der Waals surface area contributed by atoms with Gasteiger partial charge in [-0.2, -0.15) is 0 Å². The highest BCUT2D eigenvalue weighted by Crippen LogP contribution is 2.15. The second-order valence-electron chi connectivity index (χ2n) is 4.96. The maximum atomic E-state index is 12.0. The number of nitrogens with one attached hydrogen (secondary N) is 1. The van der Waals surface area contributed by atoms with Gasteiger partial charge in [0.2, 0.25) is 0 Å². The molecule has 0 aliphatic rings. The predicted octanol–water partition coefficient (Wildman–Crippen LogP) is 3.70. The lowest BCUT2D eigenvalue weighted by Crippen LogP contribution is -2.29. The highest BCUT2D eigenvalue weighted by Gasteiger charge is 2.09. The molecule has 0 saturated carbocycles. The third-order valence-electron chi connectivity index (χ3n) is 3.46. The zero-order valence-corrected chi connectivity index (χ0v) is 13.5. The SMILES string of the molecule is CCN(CCCNC(=O)c1sccc1C)c1ccccc1. The molecule has 1 aromatic heterocycles. The van der Waals surface area contributed by atoms with E-state index in [0.29, 0.717) is 6.54 Å². The second kappa shape index (κ2) is 7.84. The fourth-order valence-corrected chi connectivity index (χ4v) is 3.11. The Labute approximate surface area is 130 Å². The minimum atomic E-state index is 0.0465. The third kappa shape index (κ3) is 4.33. The minimum Gasteiger partial charge on any atom is -0.372 e. The molecule has 112 valence electrons. The van der Waals surface area contributed by atoms with E-state index in [2.05, 4.69) is 41.4 Å². The molecule has 0 bridgehead atoms. The van der Waals surface area contributed by atoms with Crippen LogP contribution in [0.1, 0.15) is 28.6 Å². The molecule has 0 unspecified atom stereocenters. The van der Waals surface area contributed by atoms with Crippen molar-refractivity contribution >= 4 is 22.9 Å². The van der Waals surface area contributed by atoms with Crippen molar-refractivity contribution in [3.63, 3.8) is 0 Å². The molecule has 0 aliphatic carbocycles. The van der Waals surface area contributed by atoms with Gasteiger partial charge in [-0.15, -0.1) is 11.3 Å². The maximum Gasteiger partial charge on any atom is 0.261 e. The summed E-state index contributed by atoms with van der Waals surface area (Å²) in [6, 6.07) is 12.4. The molecule has 1 amide bonds. The normalized spacial score (nSPS) is 10.4. The third-order valence-corrected chi connectivity index (χ3v) is 4.48. The Balaban J connectivity index is 1.76. The van der Waals surface area contributed by atoms with E-state index < -0.39 is 0 Å². The van der Waals surface area contributed by atoms with Crippen molar-refractivity contribution in [1.82, 2.24) is 5.32 Å². The average molecular weight is 302 g/mol.